The fraction of sp³-hybridized carbons (Fsp3) is 0.455. The molecule has 0 bridgehead atoms. The number of nitrogens with zero attached hydrogens (tertiary/aromatic N) is 1. The van der Waals surface area contributed by atoms with Crippen molar-refractivity contribution in [2.24, 2.45) is 0 Å². The highest BCUT2D eigenvalue weighted by molar-refractivity contribution is 7.07. The molecule has 0 spiro atoms. The second kappa shape index (κ2) is 7.85. The molecule has 0 aliphatic carbocycles. The van der Waals surface area contributed by atoms with Crippen LogP contribution in [-0.2, 0) is 11.2 Å². The van der Waals surface area contributed by atoms with Crippen molar-refractivity contribution in [3.63, 3.8) is 0 Å². The maximum Gasteiger partial charge on any atom is 0.233 e. The van der Waals surface area contributed by atoms with Gasteiger partial charge in [-0.15, -0.1) is 0 Å². The van der Waals surface area contributed by atoms with Gasteiger partial charge < -0.3 is 10.6 Å². The molecule has 1 aromatic heterocycles. The van der Waals surface area contributed by atoms with E-state index in [1.54, 1.807) is 11.3 Å². The van der Waals surface area contributed by atoms with Crippen LogP contribution in [0.25, 0.3) is 0 Å². The molecule has 0 saturated carbocycles. The molecular weight excluding hydrogens is 222 g/mol. The summed E-state index contributed by atoms with van der Waals surface area (Å²) in [5.74, 6) is -0.0550. The summed E-state index contributed by atoms with van der Waals surface area (Å²) < 4.78 is 0. The molecule has 86 valence electrons. The van der Waals surface area contributed by atoms with Gasteiger partial charge in [0, 0.05) is 6.54 Å². The maximum atomic E-state index is 11.2. The Hall–Kier alpha value is -1.38. The summed E-state index contributed by atoms with van der Waals surface area (Å²) in [6.07, 6.45) is 1.30. The molecule has 16 heavy (non-hydrogen) atoms. The highest BCUT2D eigenvalue weighted by Crippen LogP contribution is 2.05. The van der Waals surface area contributed by atoms with E-state index in [-0.39, 0.29) is 5.91 Å². The van der Waals surface area contributed by atoms with E-state index in [2.05, 4.69) is 22.1 Å². The van der Waals surface area contributed by atoms with E-state index in [0.29, 0.717) is 19.5 Å². The topological polar surface area (TPSA) is 64.9 Å². The SMILES string of the molecule is N#CCCNC(=O)CNCCc1ccsc1. The summed E-state index contributed by atoms with van der Waals surface area (Å²) in [5.41, 5.74) is 1.29. The third-order valence-electron chi connectivity index (χ3n) is 2.02. The van der Waals surface area contributed by atoms with Crippen LogP contribution in [-0.4, -0.2) is 25.5 Å². The predicted octanol–water partition coefficient (Wildman–Crippen LogP) is 0.910. The Morgan fingerprint density at radius 2 is 2.38 bits per heavy atom. The predicted molar refractivity (Wildman–Crippen MR) is 64.1 cm³/mol. The van der Waals surface area contributed by atoms with Gasteiger partial charge >= 0.3 is 0 Å². The Kier molecular flexibility index (Phi) is 6.23. The van der Waals surface area contributed by atoms with Gasteiger partial charge in [-0.2, -0.15) is 16.6 Å². The van der Waals surface area contributed by atoms with Crippen molar-refractivity contribution < 1.29 is 4.79 Å². The molecule has 0 unspecified atom stereocenters. The van der Waals surface area contributed by atoms with E-state index in [4.69, 9.17) is 5.26 Å². The van der Waals surface area contributed by atoms with Crippen molar-refractivity contribution >= 4 is 17.2 Å². The molecule has 1 rings (SSSR count). The fourth-order valence-electron chi connectivity index (χ4n) is 1.19. The summed E-state index contributed by atoms with van der Waals surface area (Å²) in [6, 6.07) is 4.06. The Morgan fingerprint density at radius 1 is 1.50 bits per heavy atom. The molecular formula is C11H15N3OS. The third-order valence-corrected chi connectivity index (χ3v) is 2.75. The molecule has 1 amide bonds. The zero-order valence-electron chi connectivity index (χ0n) is 9.03. The quantitative estimate of drug-likeness (QED) is 0.693. The first-order valence-corrected chi connectivity index (χ1v) is 6.12. The molecule has 0 atom stereocenters. The smallest absolute Gasteiger partial charge is 0.233 e. The molecule has 0 fully saturated rings. The van der Waals surface area contributed by atoms with Gasteiger partial charge in [-0.3, -0.25) is 4.79 Å². The lowest BCUT2D eigenvalue weighted by molar-refractivity contribution is -0.120. The second-order valence-corrected chi connectivity index (χ2v) is 4.10. The van der Waals surface area contributed by atoms with Gasteiger partial charge in [-0.05, 0) is 35.4 Å². The first-order valence-electron chi connectivity index (χ1n) is 5.18. The molecule has 1 heterocycles. The standard InChI is InChI=1S/C11H15N3OS/c12-4-1-5-14-11(15)8-13-6-2-10-3-7-16-9-10/h3,7,9,13H,1-2,5-6,8H2,(H,14,15). The highest BCUT2D eigenvalue weighted by Gasteiger charge is 1.99. The summed E-state index contributed by atoms with van der Waals surface area (Å²) in [4.78, 5) is 11.2. The fourth-order valence-corrected chi connectivity index (χ4v) is 1.89. The van der Waals surface area contributed by atoms with Crippen LogP contribution in [0.3, 0.4) is 0 Å². The molecule has 0 aliphatic rings. The molecule has 5 heteroatoms. The van der Waals surface area contributed by atoms with E-state index in [9.17, 15) is 4.79 Å². The minimum Gasteiger partial charge on any atom is -0.354 e. The van der Waals surface area contributed by atoms with Crippen LogP contribution in [0.4, 0.5) is 0 Å². The Bertz CT molecular complexity index is 343. The van der Waals surface area contributed by atoms with Gasteiger partial charge in [0.25, 0.3) is 0 Å². The zero-order chi connectivity index (χ0) is 11.6. The summed E-state index contributed by atoms with van der Waals surface area (Å²) in [5, 5.41) is 18.1. The molecule has 0 aromatic carbocycles. The average molecular weight is 237 g/mol. The first-order chi connectivity index (χ1) is 7.83. The maximum absolute atomic E-state index is 11.2. The third kappa shape index (κ3) is 5.49. The lowest BCUT2D eigenvalue weighted by Gasteiger charge is -2.04. The van der Waals surface area contributed by atoms with Crippen molar-refractivity contribution in [3.05, 3.63) is 22.4 Å². The minimum atomic E-state index is -0.0550. The number of amides is 1. The van der Waals surface area contributed by atoms with Gasteiger partial charge in [0.2, 0.25) is 5.91 Å². The second-order valence-electron chi connectivity index (χ2n) is 3.32. The molecule has 2 N–H and O–H groups in total. The molecule has 1 aromatic rings. The van der Waals surface area contributed by atoms with Crippen LogP contribution in [0, 0.1) is 11.3 Å². The lowest BCUT2D eigenvalue weighted by atomic mass is 10.2. The number of rotatable bonds is 7. The van der Waals surface area contributed by atoms with Crippen LogP contribution < -0.4 is 10.6 Å². The van der Waals surface area contributed by atoms with Crippen LogP contribution in [0.2, 0.25) is 0 Å². The van der Waals surface area contributed by atoms with Gasteiger partial charge in [0.1, 0.15) is 0 Å². The Balaban J connectivity index is 1.98. The number of thiophene rings is 1. The van der Waals surface area contributed by atoms with E-state index in [1.807, 2.05) is 11.4 Å². The van der Waals surface area contributed by atoms with Crippen LogP contribution in [0.1, 0.15) is 12.0 Å². The average Bonchev–Trinajstić information content (AvgIpc) is 2.78. The van der Waals surface area contributed by atoms with Crippen LogP contribution >= 0.6 is 11.3 Å². The van der Waals surface area contributed by atoms with Crippen molar-refractivity contribution in [3.8, 4) is 6.07 Å². The molecule has 0 aliphatic heterocycles. The van der Waals surface area contributed by atoms with E-state index in [0.717, 1.165) is 13.0 Å². The largest absolute Gasteiger partial charge is 0.354 e. The number of carbonyl (C=O) groups excluding carboxylic acids is 1. The number of nitrogens with one attached hydrogen (secondary N) is 2. The molecule has 0 radical (unpaired) electrons. The summed E-state index contributed by atoms with van der Waals surface area (Å²) in [7, 11) is 0. The molecule has 0 saturated heterocycles. The zero-order valence-corrected chi connectivity index (χ0v) is 9.85. The van der Waals surface area contributed by atoms with Gasteiger partial charge in [0.05, 0.1) is 19.0 Å². The Morgan fingerprint density at radius 3 is 3.06 bits per heavy atom. The minimum absolute atomic E-state index is 0.0550. The van der Waals surface area contributed by atoms with E-state index in [1.165, 1.54) is 5.56 Å². The van der Waals surface area contributed by atoms with Crippen LogP contribution in [0.15, 0.2) is 16.8 Å². The number of hydrogen-bond donors (Lipinski definition) is 2. The number of hydrogen-bond acceptors (Lipinski definition) is 4. The van der Waals surface area contributed by atoms with Crippen molar-refractivity contribution in [1.29, 1.82) is 5.26 Å². The Labute approximate surface area is 99.3 Å². The van der Waals surface area contributed by atoms with Gasteiger partial charge in [0.15, 0.2) is 0 Å². The summed E-state index contributed by atoms with van der Waals surface area (Å²) in [6.45, 7) is 1.54. The van der Waals surface area contributed by atoms with Crippen LogP contribution in [0.5, 0.6) is 0 Å². The van der Waals surface area contributed by atoms with Crippen molar-refractivity contribution in [2.45, 2.75) is 12.8 Å². The first kappa shape index (κ1) is 12.7. The highest BCUT2D eigenvalue weighted by atomic mass is 32.1. The lowest BCUT2D eigenvalue weighted by Crippen LogP contribution is -2.35. The molecule has 4 nitrogen and oxygen atoms in total. The van der Waals surface area contributed by atoms with Gasteiger partial charge in [-0.1, -0.05) is 0 Å². The van der Waals surface area contributed by atoms with Crippen molar-refractivity contribution in [2.75, 3.05) is 19.6 Å². The monoisotopic (exact) mass is 237 g/mol. The number of nitriles is 1. The van der Waals surface area contributed by atoms with E-state index >= 15 is 0 Å². The van der Waals surface area contributed by atoms with E-state index < -0.39 is 0 Å². The summed E-state index contributed by atoms with van der Waals surface area (Å²) >= 11 is 1.68. The van der Waals surface area contributed by atoms with Gasteiger partial charge in [-0.25, -0.2) is 0 Å². The normalized spacial score (nSPS) is 9.69. The number of carbonyl (C=O) groups is 1. The van der Waals surface area contributed by atoms with Crippen molar-refractivity contribution in [1.82, 2.24) is 10.6 Å².